The van der Waals surface area contributed by atoms with Gasteiger partial charge < -0.3 is 10.6 Å². The molecule has 0 unspecified atom stereocenters. The molecule has 2 aromatic carbocycles. The number of hydrogen-bond donors (Lipinski definition) is 2. The van der Waals surface area contributed by atoms with Crippen molar-refractivity contribution in [1.82, 2.24) is 4.90 Å². The van der Waals surface area contributed by atoms with E-state index in [0.29, 0.717) is 6.04 Å². The van der Waals surface area contributed by atoms with Gasteiger partial charge in [0.15, 0.2) is 0 Å². The van der Waals surface area contributed by atoms with E-state index in [4.69, 9.17) is 0 Å². The minimum atomic E-state index is -0.0556. The van der Waals surface area contributed by atoms with E-state index in [9.17, 15) is 4.79 Å². The predicted octanol–water partition coefficient (Wildman–Crippen LogP) is 5.57. The molecule has 0 saturated heterocycles. The average molecular weight is 444 g/mol. The summed E-state index contributed by atoms with van der Waals surface area (Å²) < 4.78 is 0.898. The van der Waals surface area contributed by atoms with Crippen LogP contribution in [0, 0.1) is 6.92 Å². The number of anilines is 2. The van der Waals surface area contributed by atoms with Crippen LogP contribution in [-0.4, -0.2) is 30.4 Å². The molecule has 2 N–H and O–H groups in total. The van der Waals surface area contributed by atoms with E-state index in [2.05, 4.69) is 56.7 Å². The molecule has 0 spiro atoms. The first-order valence-electron chi connectivity index (χ1n) is 10.1. The number of nitrogens with one attached hydrogen (secondary N) is 2. The van der Waals surface area contributed by atoms with Crippen molar-refractivity contribution in [3.63, 3.8) is 0 Å². The fraction of sp³-hybridized carbons (Fsp3) is 0.435. The largest absolute Gasteiger partial charge is 0.376 e. The minimum Gasteiger partial charge on any atom is -0.376 e. The number of aryl methyl sites for hydroxylation is 1. The van der Waals surface area contributed by atoms with Gasteiger partial charge >= 0.3 is 0 Å². The molecule has 3 rings (SSSR count). The molecule has 1 saturated carbocycles. The lowest BCUT2D eigenvalue weighted by Gasteiger charge is -2.31. The molecule has 0 aliphatic heterocycles. The van der Waals surface area contributed by atoms with E-state index in [1.807, 2.05) is 31.2 Å². The standard InChI is InChI=1S/C23H30BrN3O/c1-17-12-13-22(20(24)14-17)26-23(28)15-25-21-11-7-6-8-18(21)16-27(2)19-9-4-3-5-10-19/h6-8,11-14,19,25H,3-5,9-10,15-16H2,1-2H3,(H,26,28). The maximum atomic E-state index is 12.4. The topological polar surface area (TPSA) is 44.4 Å². The highest BCUT2D eigenvalue weighted by Crippen LogP contribution is 2.25. The van der Waals surface area contributed by atoms with Crippen LogP contribution in [-0.2, 0) is 11.3 Å². The van der Waals surface area contributed by atoms with Crippen LogP contribution >= 0.6 is 15.9 Å². The highest BCUT2D eigenvalue weighted by molar-refractivity contribution is 9.10. The molecule has 1 amide bonds. The lowest BCUT2D eigenvalue weighted by atomic mass is 9.94. The van der Waals surface area contributed by atoms with Crippen LogP contribution in [0.15, 0.2) is 46.9 Å². The molecule has 0 bridgehead atoms. The van der Waals surface area contributed by atoms with Crippen LogP contribution in [0.4, 0.5) is 11.4 Å². The molecule has 1 aliphatic rings. The zero-order valence-corrected chi connectivity index (χ0v) is 18.4. The van der Waals surface area contributed by atoms with Crippen molar-refractivity contribution in [2.24, 2.45) is 0 Å². The van der Waals surface area contributed by atoms with Crippen molar-refractivity contribution in [2.45, 2.75) is 51.6 Å². The number of carbonyl (C=O) groups excluding carboxylic acids is 1. The van der Waals surface area contributed by atoms with Gasteiger partial charge in [-0.25, -0.2) is 0 Å². The highest BCUT2D eigenvalue weighted by atomic mass is 79.9. The van der Waals surface area contributed by atoms with Crippen molar-refractivity contribution < 1.29 is 4.79 Å². The maximum absolute atomic E-state index is 12.4. The number of amides is 1. The molecule has 2 aromatic rings. The summed E-state index contributed by atoms with van der Waals surface area (Å²) in [6, 6.07) is 14.9. The molecule has 5 heteroatoms. The number of para-hydroxylation sites is 1. The van der Waals surface area contributed by atoms with Crippen LogP contribution < -0.4 is 10.6 Å². The summed E-state index contributed by atoms with van der Waals surface area (Å²) >= 11 is 3.51. The smallest absolute Gasteiger partial charge is 0.243 e. The lowest BCUT2D eigenvalue weighted by Crippen LogP contribution is -2.33. The van der Waals surface area contributed by atoms with Crippen molar-refractivity contribution >= 4 is 33.2 Å². The van der Waals surface area contributed by atoms with Crippen molar-refractivity contribution in [3.8, 4) is 0 Å². The molecule has 0 heterocycles. The third-order valence-corrected chi connectivity index (χ3v) is 6.13. The van der Waals surface area contributed by atoms with Crippen LogP contribution in [0.5, 0.6) is 0 Å². The van der Waals surface area contributed by atoms with Gasteiger partial charge in [-0.1, -0.05) is 43.5 Å². The SMILES string of the molecule is Cc1ccc(NC(=O)CNc2ccccc2CN(C)C2CCCCC2)c(Br)c1. The normalized spacial score (nSPS) is 14.9. The maximum Gasteiger partial charge on any atom is 0.243 e. The molecule has 0 aromatic heterocycles. The fourth-order valence-corrected chi connectivity index (χ4v) is 4.43. The quantitative estimate of drug-likeness (QED) is 0.587. The Bertz CT molecular complexity index is 802. The fourth-order valence-electron chi connectivity index (χ4n) is 3.84. The second-order valence-corrected chi connectivity index (χ2v) is 8.60. The summed E-state index contributed by atoms with van der Waals surface area (Å²) in [6.45, 7) is 3.17. The van der Waals surface area contributed by atoms with E-state index >= 15 is 0 Å². The molecule has 1 fully saturated rings. The summed E-state index contributed by atoms with van der Waals surface area (Å²) in [6.07, 6.45) is 6.63. The molecule has 0 atom stereocenters. The Kier molecular flexibility index (Phi) is 7.51. The predicted molar refractivity (Wildman–Crippen MR) is 121 cm³/mol. The second-order valence-electron chi connectivity index (χ2n) is 7.75. The van der Waals surface area contributed by atoms with Gasteiger partial charge in [0.1, 0.15) is 0 Å². The first kappa shape index (κ1) is 20.9. The van der Waals surface area contributed by atoms with Crippen LogP contribution in [0.2, 0.25) is 0 Å². The Morgan fingerprint density at radius 3 is 2.61 bits per heavy atom. The zero-order chi connectivity index (χ0) is 19.9. The summed E-state index contributed by atoms with van der Waals surface area (Å²) in [4.78, 5) is 14.9. The van der Waals surface area contributed by atoms with Crippen LogP contribution in [0.3, 0.4) is 0 Å². The molecule has 0 radical (unpaired) electrons. The number of hydrogen-bond acceptors (Lipinski definition) is 3. The number of rotatable bonds is 7. The van der Waals surface area contributed by atoms with Gasteiger partial charge in [-0.15, -0.1) is 0 Å². The zero-order valence-electron chi connectivity index (χ0n) is 16.8. The minimum absolute atomic E-state index is 0.0556. The van der Waals surface area contributed by atoms with Crippen LogP contribution in [0.25, 0.3) is 0 Å². The molecular formula is C23H30BrN3O. The van der Waals surface area contributed by atoms with E-state index in [1.165, 1.54) is 37.7 Å². The Labute approximate surface area is 176 Å². The van der Waals surface area contributed by atoms with Gasteiger partial charge in [0.2, 0.25) is 5.91 Å². The number of nitrogens with zero attached hydrogens (tertiary/aromatic N) is 1. The van der Waals surface area contributed by atoms with E-state index < -0.39 is 0 Å². The summed E-state index contributed by atoms with van der Waals surface area (Å²) in [5.41, 5.74) is 4.21. The number of halogens is 1. The number of benzene rings is 2. The first-order valence-corrected chi connectivity index (χ1v) is 10.9. The van der Waals surface area contributed by atoms with E-state index in [1.54, 1.807) is 0 Å². The van der Waals surface area contributed by atoms with Gasteiger partial charge in [0, 0.05) is 22.7 Å². The van der Waals surface area contributed by atoms with Gasteiger partial charge in [-0.05, 0) is 72.1 Å². The van der Waals surface area contributed by atoms with Crippen molar-refractivity contribution in [3.05, 3.63) is 58.1 Å². The Balaban J connectivity index is 1.57. The Hall–Kier alpha value is -1.85. The van der Waals surface area contributed by atoms with Crippen LogP contribution in [0.1, 0.15) is 43.2 Å². The van der Waals surface area contributed by atoms with E-state index in [0.717, 1.165) is 28.0 Å². The molecule has 1 aliphatic carbocycles. The monoisotopic (exact) mass is 443 g/mol. The third-order valence-electron chi connectivity index (χ3n) is 5.47. The number of carbonyl (C=O) groups is 1. The van der Waals surface area contributed by atoms with Gasteiger partial charge in [0.25, 0.3) is 0 Å². The average Bonchev–Trinajstić information content (AvgIpc) is 2.70. The summed E-state index contributed by atoms with van der Waals surface area (Å²) in [7, 11) is 2.22. The summed E-state index contributed by atoms with van der Waals surface area (Å²) in [5.74, 6) is -0.0556. The third kappa shape index (κ3) is 5.82. The molecular weight excluding hydrogens is 414 g/mol. The Morgan fingerprint density at radius 1 is 1.11 bits per heavy atom. The van der Waals surface area contributed by atoms with Crippen molar-refractivity contribution in [2.75, 3.05) is 24.2 Å². The molecule has 150 valence electrons. The lowest BCUT2D eigenvalue weighted by molar-refractivity contribution is -0.114. The second kappa shape index (κ2) is 10.1. The van der Waals surface area contributed by atoms with Gasteiger partial charge in [-0.3, -0.25) is 9.69 Å². The Morgan fingerprint density at radius 2 is 1.86 bits per heavy atom. The van der Waals surface area contributed by atoms with Crippen molar-refractivity contribution in [1.29, 1.82) is 0 Å². The van der Waals surface area contributed by atoms with Gasteiger partial charge in [0.05, 0.1) is 12.2 Å². The highest BCUT2D eigenvalue weighted by Gasteiger charge is 2.18. The summed E-state index contributed by atoms with van der Waals surface area (Å²) in [5, 5.41) is 6.28. The van der Waals surface area contributed by atoms with Gasteiger partial charge in [-0.2, -0.15) is 0 Å². The first-order chi connectivity index (χ1) is 13.5. The van der Waals surface area contributed by atoms with E-state index in [-0.39, 0.29) is 12.5 Å². The molecule has 4 nitrogen and oxygen atoms in total. The molecule has 28 heavy (non-hydrogen) atoms.